The van der Waals surface area contributed by atoms with Gasteiger partial charge in [-0.1, -0.05) is 25.5 Å². The second-order valence-electron chi connectivity index (χ2n) is 10.2. The van der Waals surface area contributed by atoms with Gasteiger partial charge in [0.2, 0.25) is 5.79 Å². The number of ether oxygens (including phenoxy) is 2. The zero-order chi connectivity index (χ0) is 21.2. The smallest absolute Gasteiger partial charge is 0.305 e. The van der Waals surface area contributed by atoms with Gasteiger partial charge in [-0.05, 0) is 55.3 Å². The van der Waals surface area contributed by atoms with E-state index in [4.69, 9.17) is 9.47 Å². The molecule has 0 aromatic carbocycles. The molecule has 0 amide bonds. The van der Waals surface area contributed by atoms with Crippen LogP contribution in [0.15, 0.2) is 11.6 Å². The highest BCUT2D eigenvalue weighted by Gasteiger charge is 2.67. The van der Waals surface area contributed by atoms with Crippen molar-refractivity contribution in [3.63, 3.8) is 0 Å². The minimum Gasteiger partial charge on any atom is -0.462 e. The van der Waals surface area contributed by atoms with E-state index in [2.05, 4.69) is 6.92 Å². The van der Waals surface area contributed by atoms with Gasteiger partial charge >= 0.3 is 11.9 Å². The third-order valence-corrected chi connectivity index (χ3v) is 8.81. The number of carbonyl (C=O) groups excluding carboxylic acids is 2. The zero-order valence-electron chi connectivity index (χ0n) is 17.9. The number of fused-ring (bicyclic) bond motifs is 5. The average Bonchev–Trinajstić information content (AvgIpc) is 2.86. The largest absolute Gasteiger partial charge is 0.462 e. The predicted octanol–water partition coefficient (Wildman–Crippen LogP) is 3.10. The van der Waals surface area contributed by atoms with E-state index in [1.165, 1.54) is 19.4 Å². The molecule has 8 atom stereocenters. The molecule has 0 aromatic heterocycles. The van der Waals surface area contributed by atoms with Crippen LogP contribution in [-0.4, -0.2) is 40.1 Å². The Kier molecular flexibility index (Phi) is 4.90. The molecule has 29 heavy (non-hydrogen) atoms. The van der Waals surface area contributed by atoms with Crippen LogP contribution in [0.25, 0.3) is 0 Å². The fraction of sp³-hybridized carbons (Fsp3) is 0.826. The third kappa shape index (κ3) is 3.05. The Bertz CT molecular complexity index is 746. The first kappa shape index (κ1) is 20.9. The highest BCUT2D eigenvalue weighted by atomic mass is 16.7. The minimum atomic E-state index is -1.45. The molecule has 4 rings (SSSR count). The van der Waals surface area contributed by atoms with Crippen LogP contribution in [0.2, 0.25) is 0 Å². The molecule has 6 nitrogen and oxygen atoms in total. The summed E-state index contributed by atoms with van der Waals surface area (Å²) in [4.78, 5) is 23.0. The Morgan fingerprint density at radius 1 is 1.03 bits per heavy atom. The summed E-state index contributed by atoms with van der Waals surface area (Å²) in [5, 5.41) is 22.4. The second kappa shape index (κ2) is 6.81. The maximum Gasteiger partial charge on any atom is 0.305 e. The standard InChI is InChI=1S/C23H34O6/c1-13(24)28-16-5-8-21(3)15(11-16)12-19(26)20-17(21)6-9-22(4)18(20)7-10-23(22,27)29-14(2)25/h12,16-20,26-27H,5-11H2,1-4H3/t16-,17-,18-,19+,20+,21-,22-,23+/m0/s1. The van der Waals surface area contributed by atoms with Gasteiger partial charge in [0, 0.05) is 32.1 Å². The van der Waals surface area contributed by atoms with Crippen molar-refractivity contribution in [1.29, 1.82) is 0 Å². The van der Waals surface area contributed by atoms with Crippen LogP contribution in [-0.2, 0) is 19.1 Å². The van der Waals surface area contributed by atoms with Crippen LogP contribution in [0.1, 0.15) is 72.6 Å². The number of carbonyl (C=O) groups is 2. The number of aliphatic hydroxyl groups is 2. The number of aliphatic hydroxyl groups excluding tert-OH is 1. The van der Waals surface area contributed by atoms with Crippen molar-refractivity contribution in [3.8, 4) is 0 Å². The van der Waals surface area contributed by atoms with Crippen LogP contribution in [0.3, 0.4) is 0 Å². The van der Waals surface area contributed by atoms with E-state index in [0.717, 1.165) is 32.1 Å². The third-order valence-electron chi connectivity index (χ3n) is 8.81. The highest BCUT2D eigenvalue weighted by molar-refractivity contribution is 5.66. The van der Waals surface area contributed by atoms with Gasteiger partial charge in [-0.2, -0.15) is 0 Å². The number of hydrogen-bond donors (Lipinski definition) is 2. The van der Waals surface area contributed by atoms with Gasteiger partial charge in [0.1, 0.15) is 6.10 Å². The number of esters is 2. The lowest BCUT2D eigenvalue weighted by atomic mass is 9.47. The van der Waals surface area contributed by atoms with E-state index in [0.29, 0.717) is 18.8 Å². The summed E-state index contributed by atoms with van der Waals surface area (Å²) >= 11 is 0. The van der Waals surface area contributed by atoms with Crippen LogP contribution < -0.4 is 0 Å². The molecule has 2 N–H and O–H groups in total. The van der Waals surface area contributed by atoms with Crippen molar-refractivity contribution in [1.82, 2.24) is 0 Å². The van der Waals surface area contributed by atoms with Crippen LogP contribution in [0.5, 0.6) is 0 Å². The van der Waals surface area contributed by atoms with E-state index >= 15 is 0 Å². The molecular weight excluding hydrogens is 372 g/mol. The lowest BCUT2D eigenvalue weighted by molar-refractivity contribution is -0.265. The molecule has 0 bridgehead atoms. The van der Waals surface area contributed by atoms with Gasteiger partial charge in [0.15, 0.2) is 0 Å². The highest BCUT2D eigenvalue weighted by Crippen LogP contribution is 2.67. The van der Waals surface area contributed by atoms with Crippen molar-refractivity contribution >= 4 is 11.9 Å². The van der Waals surface area contributed by atoms with Gasteiger partial charge < -0.3 is 19.7 Å². The number of hydrogen-bond acceptors (Lipinski definition) is 6. The van der Waals surface area contributed by atoms with Crippen molar-refractivity contribution in [2.24, 2.45) is 28.6 Å². The molecule has 3 saturated carbocycles. The van der Waals surface area contributed by atoms with E-state index in [-0.39, 0.29) is 29.3 Å². The summed E-state index contributed by atoms with van der Waals surface area (Å²) in [5.41, 5.74) is 0.641. The summed E-state index contributed by atoms with van der Waals surface area (Å²) in [5.74, 6) is -1.71. The van der Waals surface area contributed by atoms with Crippen molar-refractivity contribution in [2.75, 3.05) is 0 Å². The molecule has 3 fully saturated rings. The van der Waals surface area contributed by atoms with E-state index in [1.807, 2.05) is 13.0 Å². The fourth-order valence-corrected chi connectivity index (χ4v) is 7.33. The van der Waals surface area contributed by atoms with E-state index in [1.54, 1.807) is 0 Å². The molecule has 0 aromatic rings. The van der Waals surface area contributed by atoms with Crippen LogP contribution in [0, 0.1) is 28.6 Å². The van der Waals surface area contributed by atoms with Crippen molar-refractivity contribution in [3.05, 3.63) is 11.6 Å². The summed E-state index contributed by atoms with van der Waals surface area (Å²) < 4.78 is 10.9. The molecule has 0 unspecified atom stereocenters. The monoisotopic (exact) mass is 406 g/mol. The summed E-state index contributed by atoms with van der Waals surface area (Å²) in [6, 6.07) is 0. The Morgan fingerprint density at radius 2 is 1.72 bits per heavy atom. The molecule has 162 valence electrons. The van der Waals surface area contributed by atoms with Crippen LogP contribution in [0.4, 0.5) is 0 Å². The van der Waals surface area contributed by atoms with E-state index in [9.17, 15) is 19.8 Å². The Balaban J connectivity index is 1.64. The summed E-state index contributed by atoms with van der Waals surface area (Å²) in [6.45, 7) is 7.10. The SMILES string of the molecule is CC(=O)O[C@H]1CC[C@@]2(C)C(=C[C@@H](O)[C@@H]3[C@@H]2CC[C@@]2(C)[C@H]3CC[C@@]2(O)OC(C)=O)C1. The normalized spacial score (nSPS) is 48.6. The van der Waals surface area contributed by atoms with Gasteiger partial charge in [0.05, 0.1) is 6.10 Å². The predicted molar refractivity (Wildman–Crippen MR) is 105 cm³/mol. The zero-order valence-corrected chi connectivity index (χ0v) is 17.9. The Morgan fingerprint density at radius 3 is 2.38 bits per heavy atom. The molecule has 6 heteroatoms. The average molecular weight is 407 g/mol. The Hall–Kier alpha value is -1.40. The maximum atomic E-state index is 11.6. The van der Waals surface area contributed by atoms with Gasteiger partial charge in [0.25, 0.3) is 0 Å². The molecule has 0 spiro atoms. The molecule has 0 saturated heterocycles. The van der Waals surface area contributed by atoms with Crippen molar-refractivity contribution in [2.45, 2.75) is 90.6 Å². The number of rotatable bonds is 2. The molecule has 0 heterocycles. The first-order valence-corrected chi connectivity index (χ1v) is 11.0. The van der Waals surface area contributed by atoms with Gasteiger partial charge in [-0.3, -0.25) is 9.59 Å². The summed E-state index contributed by atoms with van der Waals surface area (Å²) in [7, 11) is 0. The van der Waals surface area contributed by atoms with Gasteiger partial charge in [-0.25, -0.2) is 0 Å². The molecule has 4 aliphatic rings. The van der Waals surface area contributed by atoms with Crippen molar-refractivity contribution < 1.29 is 29.3 Å². The quantitative estimate of drug-likeness (QED) is 0.416. The van der Waals surface area contributed by atoms with E-state index < -0.39 is 23.3 Å². The fourth-order valence-electron chi connectivity index (χ4n) is 7.33. The van der Waals surface area contributed by atoms with Crippen LogP contribution >= 0.6 is 0 Å². The molecule has 4 aliphatic carbocycles. The van der Waals surface area contributed by atoms with Gasteiger partial charge in [-0.15, -0.1) is 0 Å². The molecule has 0 radical (unpaired) electrons. The topological polar surface area (TPSA) is 93.1 Å². The first-order valence-electron chi connectivity index (χ1n) is 11.0. The lowest BCUT2D eigenvalue weighted by Crippen LogP contribution is -2.58. The maximum absolute atomic E-state index is 11.6. The lowest BCUT2D eigenvalue weighted by Gasteiger charge is -2.59. The molecular formula is C23H34O6. The summed E-state index contributed by atoms with van der Waals surface area (Å²) in [6.07, 6.45) is 6.57. The Labute approximate surface area is 172 Å². The minimum absolute atomic E-state index is 0.0238. The first-order chi connectivity index (χ1) is 13.5. The molecule has 0 aliphatic heterocycles. The second-order valence-corrected chi connectivity index (χ2v) is 10.2.